The molecule has 0 radical (unpaired) electrons. The molecule has 15 heavy (non-hydrogen) atoms. The zero-order valence-electron chi connectivity index (χ0n) is 8.94. The van der Waals surface area contributed by atoms with Crippen LogP contribution in [-0.4, -0.2) is 17.7 Å². The monoisotopic (exact) mass is 207 g/mol. The standard InChI is InChI=1S/C11H17N3O/c1-8-4-5-9(7-13-8)11(14-12)10-3-2-6-15-10/h4-5,7,10-11,14H,2-3,6,12H2,1H3. The van der Waals surface area contributed by atoms with Crippen LogP contribution in [0.3, 0.4) is 0 Å². The van der Waals surface area contributed by atoms with Crippen LogP contribution in [0.1, 0.15) is 30.1 Å². The van der Waals surface area contributed by atoms with Crippen molar-refractivity contribution < 1.29 is 4.74 Å². The largest absolute Gasteiger partial charge is 0.376 e. The zero-order chi connectivity index (χ0) is 10.7. The number of rotatable bonds is 3. The Morgan fingerprint density at radius 1 is 1.60 bits per heavy atom. The van der Waals surface area contributed by atoms with Gasteiger partial charge in [-0.2, -0.15) is 0 Å². The summed E-state index contributed by atoms with van der Waals surface area (Å²) in [6.45, 7) is 2.81. The summed E-state index contributed by atoms with van der Waals surface area (Å²) < 4.78 is 5.62. The average Bonchev–Trinajstić information content (AvgIpc) is 2.75. The first-order valence-electron chi connectivity index (χ1n) is 5.31. The Labute approximate surface area is 89.8 Å². The molecule has 2 atom stereocenters. The molecule has 0 spiro atoms. The second-order valence-corrected chi connectivity index (χ2v) is 3.93. The van der Waals surface area contributed by atoms with Crippen molar-refractivity contribution in [3.63, 3.8) is 0 Å². The van der Waals surface area contributed by atoms with Gasteiger partial charge in [-0.05, 0) is 31.4 Å². The molecular formula is C11H17N3O. The van der Waals surface area contributed by atoms with E-state index in [2.05, 4.69) is 16.5 Å². The lowest BCUT2D eigenvalue weighted by Crippen LogP contribution is -2.36. The van der Waals surface area contributed by atoms with E-state index in [9.17, 15) is 0 Å². The van der Waals surface area contributed by atoms with Crippen molar-refractivity contribution in [3.05, 3.63) is 29.6 Å². The second kappa shape index (κ2) is 4.70. The van der Waals surface area contributed by atoms with E-state index in [0.717, 1.165) is 30.7 Å². The molecule has 1 aromatic rings. The first-order valence-corrected chi connectivity index (χ1v) is 5.31. The van der Waals surface area contributed by atoms with Crippen LogP contribution in [0, 0.1) is 6.92 Å². The number of nitrogens with two attached hydrogens (primary N) is 1. The van der Waals surface area contributed by atoms with E-state index in [-0.39, 0.29) is 12.1 Å². The summed E-state index contributed by atoms with van der Waals surface area (Å²) in [6, 6.07) is 4.10. The number of nitrogens with zero attached hydrogens (tertiary/aromatic N) is 1. The second-order valence-electron chi connectivity index (χ2n) is 3.93. The summed E-state index contributed by atoms with van der Waals surface area (Å²) in [5.41, 5.74) is 4.92. The minimum Gasteiger partial charge on any atom is -0.376 e. The van der Waals surface area contributed by atoms with Crippen molar-refractivity contribution >= 4 is 0 Å². The Kier molecular flexibility index (Phi) is 3.30. The molecule has 1 saturated heterocycles. The molecule has 0 bridgehead atoms. The van der Waals surface area contributed by atoms with Gasteiger partial charge in [0.25, 0.3) is 0 Å². The lowest BCUT2D eigenvalue weighted by atomic mass is 10.0. The highest BCUT2D eigenvalue weighted by molar-refractivity contribution is 5.18. The maximum absolute atomic E-state index is 5.62. The Bertz CT molecular complexity index is 306. The Morgan fingerprint density at radius 3 is 3.00 bits per heavy atom. The van der Waals surface area contributed by atoms with E-state index in [1.165, 1.54) is 0 Å². The van der Waals surface area contributed by atoms with Gasteiger partial charge in [-0.15, -0.1) is 0 Å². The molecule has 2 rings (SSSR count). The molecular weight excluding hydrogens is 190 g/mol. The summed E-state index contributed by atoms with van der Waals surface area (Å²) in [7, 11) is 0. The first-order chi connectivity index (χ1) is 7.31. The van der Waals surface area contributed by atoms with Crippen LogP contribution in [0.4, 0.5) is 0 Å². The fourth-order valence-electron chi connectivity index (χ4n) is 1.95. The number of nitrogens with one attached hydrogen (secondary N) is 1. The molecule has 82 valence electrons. The van der Waals surface area contributed by atoms with Crippen LogP contribution in [0.2, 0.25) is 0 Å². The van der Waals surface area contributed by atoms with E-state index >= 15 is 0 Å². The van der Waals surface area contributed by atoms with Gasteiger partial charge >= 0.3 is 0 Å². The summed E-state index contributed by atoms with van der Waals surface area (Å²) in [4.78, 5) is 4.27. The SMILES string of the molecule is Cc1ccc(C(NN)C2CCCO2)cn1. The van der Waals surface area contributed by atoms with Crippen molar-refractivity contribution in [2.45, 2.75) is 31.9 Å². The molecule has 1 fully saturated rings. The lowest BCUT2D eigenvalue weighted by Gasteiger charge is -2.22. The van der Waals surface area contributed by atoms with Gasteiger partial charge in [0, 0.05) is 18.5 Å². The van der Waals surface area contributed by atoms with E-state index in [4.69, 9.17) is 10.6 Å². The molecule has 0 amide bonds. The van der Waals surface area contributed by atoms with Crippen LogP contribution < -0.4 is 11.3 Å². The predicted octanol–water partition coefficient (Wildman–Crippen LogP) is 1.07. The molecule has 4 nitrogen and oxygen atoms in total. The van der Waals surface area contributed by atoms with Crippen molar-refractivity contribution in [2.75, 3.05) is 6.61 Å². The molecule has 1 aromatic heterocycles. The highest BCUT2D eigenvalue weighted by Gasteiger charge is 2.26. The molecule has 2 heterocycles. The minimum atomic E-state index is 0.0561. The molecule has 3 N–H and O–H groups in total. The quantitative estimate of drug-likeness (QED) is 0.575. The smallest absolute Gasteiger partial charge is 0.0784 e. The molecule has 0 saturated carbocycles. The Hall–Kier alpha value is -0.970. The third-order valence-electron chi connectivity index (χ3n) is 2.81. The number of aromatic nitrogens is 1. The molecule has 2 unspecified atom stereocenters. The number of hydrogen-bond donors (Lipinski definition) is 2. The molecule has 4 heteroatoms. The van der Waals surface area contributed by atoms with Crippen molar-refractivity contribution in [1.82, 2.24) is 10.4 Å². The van der Waals surface area contributed by atoms with Gasteiger partial charge in [0.05, 0.1) is 12.1 Å². The number of hydrazine groups is 1. The Balaban J connectivity index is 2.14. The lowest BCUT2D eigenvalue weighted by molar-refractivity contribution is 0.0782. The van der Waals surface area contributed by atoms with Gasteiger partial charge in [-0.25, -0.2) is 0 Å². The maximum Gasteiger partial charge on any atom is 0.0784 e. The maximum atomic E-state index is 5.62. The summed E-state index contributed by atoms with van der Waals surface area (Å²) in [5.74, 6) is 5.56. The third-order valence-corrected chi connectivity index (χ3v) is 2.81. The van der Waals surface area contributed by atoms with Crippen molar-refractivity contribution in [3.8, 4) is 0 Å². The third kappa shape index (κ3) is 2.34. The van der Waals surface area contributed by atoms with Crippen LogP contribution in [0.5, 0.6) is 0 Å². The number of hydrogen-bond acceptors (Lipinski definition) is 4. The van der Waals surface area contributed by atoms with Gasteiger partial charge in [-0.3, -0.25) is 16.3 Å². The topological polar surface area (TPSA) is 60.2 Å². The summed E-state index contributed by atoms with van der Waals surface area (Å²) in [5, 5.41) is 0. The summed E-state index contributed by atoms with van der Waals surface area (Å²) >= 11 is 0. The van der Waals surface area contributed by atoms with E-state index < -0.39 is 0 Å². The van der Waals surface area contributed by atoms with E-state index in [1.807, 2.05) is 19.2 Å². The van der Waals surface area contributed by atoms with Crippen LogP contribution >= 0.6 is 0 Å². The van der Waals surface area contributed by atoms with Gasteiger partial charge in [0.1, 0.15) is 0 Å². The van der Waals surface area contributed by atoms with Gasteiger partial charge < -0.3 is 4.74 Å². The normalized spacial score (nSPS) is 22.9. The minimum absolute atomic E-state index is 0.0561. The predicted molar refractivity (Wildman–Crippen MR) is 58.0 cm³/mol. The molecule has 0 aromatic carbocycles. The highest BCUT2D eigenvalue weighted by Crippen LogP contribution is 2.25. The number of ether oxygens (including phenoxy) is 1. The molecule has 1 aliphatic heterocycles. The molecule has 0 aliphatic carbocycles. The van der Waals surface area contributed by atoms with Crippen LogP contribution in [0.15, 0.2) is 18.3 Å². The fraction of sp³-hybridized carbons (Fsp3) is 0.545. The van der Waals surface area contributed by atoms with E-state index in [0.29, 0.717) is 0 Å². The Morgan fingerprint density at radius 2 is 2.47 bits per heavy atom. The van der Waals surface area contributed by atoms with Crippen molar-refractivity contribution in [1.29, 1.82) is 0 Å². The average molecular weight is 207 g/mol. The summed E-state index contributed by atoms with van der Waals surface area (Å²) in [6.07, 6.45) is 4.21. The first kappa shape index (κ1) is 10.5. The number of aryl methyl sites for hydroxylation is 1. The van der Waals surface area contributed by atoms with Crippen molar-refractivity contribution in [2.24, 2.45) is 5.84 Å². The zero-order valence-corrected chi connectivity index (χ0v) is 8.94. The fourth-order valence-corrected chi connectivity index (χ4v) is 1.95. The van der Waals surface area contributed by atoms with Gasteiger partial charge in [0.15, 0.2) is 0 Å². The van der Waals surface area contributed by atoms with Crippen LogP contribution in [0.25, 0.3) is 0 Å². The highest BCUT2D eigenvalue weighted by atomic mass is 16.5. The van der Waals surface area contributed by atoms with Crippen LogP contribution in [-0.2, 0) is 4.74 Å². The van der Waals surface area contributed by atoms with Gasteiger partial charge in [0.2, 0.25) is 0 Å². The number of pyridine rings is 1. The van der Waals surface area contributed by atoms with Gasteiger partial charge in [-0.1, -0.05) is 6.07 Å². The molecule has 1 aliphatic rings. The van der Waals surface area contributed by atoms with E-state index in [1.54, 1.807) is 0 Å².